The number of aliphatic hydroxyl groups excluding tert-OH is 1. The molecule has 0 bridgehead atoms. The molecule has 0 spiro atoms. The molecule has 0 aromatic carbocycles. The van der Waals surface area contributed by atoms with Crippen LogP contribution in [0.15, 0.2) is 0 Å². The molecule has 2 unspecified atom stereocenters. The van der Waals surface area contributed by atoms with Crippen LogP contribution in [-0.4, -0.2) is 36.9 Å². The first-order valence-electron chi connectivity index (χ1n) is 6.31. The Morgan fingerprint density at radius 2 is 1.94 bits per heavy atom. The number of carbonyl (C=O) groups excluding carboxylic acids is 1. The van der Waals surface area contributed by atoms with E-state index in [9.17, 15) is 9.90 Å². The van der Waals surface area contributed by atoms with Crippen LogP contribution in [0.2, 0.25) is 0 Å². The van der Waals surface area contributed by atoms with Crippen molar-refractivity contribution < 1.29 is 14.6 Å². The van der Waals surface area contributed by atoms with Crippen LogP contribution in [0.5, 0.6) is 0 Å². The van der Waals surface area contributed by atoms with Gasteiger partial charge in [0.15, 0.2) is 0 Å². The molecule has 0 fully saturated rings. The highest BCUT2D eigenvalue weighted by molar-refractivity contribution is 5.72. The smallest absolute Gasteiger partial charge is 0.309 e. The van der Waals surface area contributed by atoms with Crippen molar-refractivity contribution in [1.82, 2.24) is 5.32 Å². The van der Waals surface area contributed by atoms with Crippen molar-refractivity contribution in [3.8, 4) is 0 Å². The monoisotopic (exact) mass is 245 g/mol. The van der Waals surface area contributed by atoms with Gasteiger partial charge in [0.2, 0.25) is 0 Å². The van der Waals surface area contributed by atoms with Crippen LogP contribution in [0.25, 0.3) is 0 Å². The Labute approximate surface area is 105 Å². The third-order valence-corrected chi connectivity index (χ3v) is 2.37. The van der Waals surface area contributed by atoms with E-state index < -0.39 is 0 Å². The zero-order valence-corrected chi connectivity index (χ0v) is 11.7. The predicted molar refractivity (Wildman–Crippen MR) is 68.7 cm³/mol. The van der Waals surface area contributed by atoms with Gasteiger partial charge in [-0.3, -0.25) is 4.79 Å². The first kappa shape index (κ1) is 16.4. The number of hydrogen-bond acceptors (Lipinski definition) is 4. The first-order valence-corrected chi connectivity index (χ1v) is 6.31. The van der Waals surface area contributed by atoms with E-state index in [1.165, 1.54) is 0 Å². The number of rotatable bonds is 7. The Morgan fingerprint density at radius 3 is 2.41 bits per heavy atom. The minimum Gasteiger partial charge on any atom is -0.466 e. The fraction of sp³-hybridized carbons (Fsp3) is 0.923. The highest BCUT2D eigenvalue weighted by Gasteiger charge is 2.18. The van der Waals surface area contributed by atoms with E-state index in [0.717, 1.165) is 6.42 Å². The molecule has 2 atom stereocenters. The molecule has 4 heteroatoms. The lowest BCUT2D eigenvalue weighted by atomic mass is 9.89. The molecule has 0 aliphatic rings. The van der Waals surface area contributed by atoms with Gasteiger partial charge in [0, 0.05) is 13.1 Å². The van der Waals surface area contributed by atoms with E-state index in [1.807, 2.05) is 6.92 Å². The fourth-order valence-electron chi connectivity index (χ4n) is 1.61. The second kappa shape index (κ2) is 7.67. The van der Waals surface area contributed by atoms with Gasteiger partial charge < -0.3 is 15.2 Å². The quantitative estimate of drug-likeness (QED) is 0.669. The number of ether oxygens (including phenoxy) is 1. The summed E-state index contributed by atoms with van der Waals surface area (Å²) in [7, 11) is 0. The van der Waals surface area contributed by atoms with Crippen molar-refractivity contribution in [2.24, 2.45) is 11.3 Å². The van der Waals surface area contributed by atoms with Crippen LogP contribution >= 0.6 is 0 Å². The van der Waals surface area contributed by atoms with E-state index in [4.69, 9.17) is 4.74 Å². The predicted octanol–water partition coefficient (Wildman–Crippen LogP) is 1.57. The maximum atomic E-state index is 11.3. The van der Waals surface area contributed by atoms with Crippen LogP contribution in [0, 0.1) is 11.3 Å². The number of hydrogen-bond donors (Lipinski definition) is 2. The Balaban J connectivity index is 3.72. The Bertz CT molecular complexity index is 223. The molecular weight excluding hydrogens is 218 g/mol. The van der Waals surface area contributed by atoms with Crippen molar-refractivity contribution in [1.29, 1.82) is 0 Å². The average molecular weight is 245 g/mol. The van der Waals surface area contributed by atoms with E-state index in [-0.39, 0.29) is 23.4 Å². The molecular formula is C13H27NO3. The molecule has 17 heavy (non-hydrogen) atoms. The van der Waals surface area contributed by atoms with Crippen molar-refractivity contribution in [3.05, 3.63) is 0 Å². The lowest BCUT2D eigenvalue weighted by molar-refractivity contribution is -0.147. The zero-order chi connectivity index (χ0) is 13.5. The van der Waals surface area contributed by atoms with Gasteiger partial charge in [0.05, 0.1) is 18.6 Å². The minimum absolute atomic E-state index is 0.119. The molecule has 0 heterocycles. The molecule has 0 amide bonds. The van der Waals surface area contributed by atoms with Gasteiger partial charge in [-0.25, -0.2) is 0 Å². The van der Waals surface area contributed by atoms with Crippen LogP contribution in [0.1, 0.15) is 41.0 Å². The third-order valence-electron chi connectivity index (χ3n) is 2.37. The van der Waals surface area contributed by atoms with Gasteiger partial charge in [-0.1, -0.05) is 27.7 Å². The molecule has 0 aromatic rings. The van der Waals surface area contributed by atoms with Crippen LogP contribution in [0.4, 0.5) is 0 Å². The maximum Gasteiger partial charge on any atom is 0.309 e. The maximum absolute atomic E-state index is 11.3. The minimum atomic E-state index is -0.371. The highest BCUT2D eigenvalue weighted by Crippen LogP contribution is 2.20. The summed E-state index contributed by atoms with van der Waals surface area (Å²) < 4.78 is 4.90. The highest BCUT2D eigenvalue weighted by atomic mass is 16.5. The summed E-state index contributed by atoms with van der Waals surface area (Å²) >= 11 is 0. The molecule has 0 saturated carbocycles. The topological polar surface area (TPSA) is 58.6 Å². The molecule has 0 aromatic heterocycles. The SMILES string of the molecule is CCOC(=O)C(C)CNCC(O)CC(C)(C)C. The normalized spacial score (nSPS) is 15.4. The Kier molecular flexibility index (Phi) is 7.39. The van der Waals surface area contributed by atoms with E-state index in [2.05, 4.69) is 26.1 Å². The van der Waals surface area contributed by atoms with Crippen molar-refractivity contribution in [2.45, 2.75) is 47.1 Å². The van der Waals surface area contributed by atoms with Gasteiger partial charge in [-0.15, -0.1) is 0 Å². The first-order chi connectivity index (χ1) is 7.76. The van der Waals surface area contributed by atoms with Gasteiger partial charge in [0.25, 0.3) is 0 Å². The number of nitrogens with one attached hydrogen (secondary N) is 1. The standard InChI is InChI=1S/C13H27NO3/c1-6-17-12(16)10(2)8-14-9-11(15)7-13(3,4)5/h10-11,14-15H,6-9H2,1-5H3. The molecule has 2 N–H and O–H groups in total. The van der Waals surface area contributed by atoms with Crippen LogP contribution < -0.4 is 5.32 Å². The number of carbonyl (C=O) groups is 1. The summed E-state index contributed by atoms with van der Waals surface area (Å²) in [5.41, 5.74) is 0.119. The van der Waals surface area contributed by atoms with E-state index in [1.54, 1.807) is 6.92 Å². The molecule has 4 nitrogen and oxygen atoms in total. The second-order valence-electron chi connectivity index (χ2n) is 5.73. The van der Waals surface area contributed by atoms with E-state index >= 15 is 0 Å². The Morgan fingerprint density at radius 1 is 1.35 bits per heavy atom. The van der Waals surface area contributed by atoms with Crippen LogP contribution in [0.3, 0.4) is 0 Å². The van der Waals surface area contributed by atoms with Gasteiger partial charge in [-0.05, 0) is 18.8 Å². The second-order valence-corrected chi connectivity index (χ2v) is 5.73. The molecule has 0 radical (unpaired) electrons. The largest absolute Gasteiger partial charge is 0.466 e. The summed E-state index contributed by atoms with van der Waals surface area (Å²) in [6, 6.07) is 0. The van der Waals surface area contributed by atoms with E-state index in [0.29, 0.717) is 19.7 Å². The molecule has 0 aliphatic carbocycles. The van der Waals surface area contributed by atoms with Crippen molar-refractivity contribution >= 4 is 5.97 Å². The summed E-state index contributed by atoms with van der Waals surface area (Å²) in [6.45, 7) is 11.4. The Hall–Kier alpha value is -0.610. The van der Waals surface area contributed by atoms with Crippen molar-refractivity contribution in [3.63, 3.8) is 0 Å². The lowest BCUT2D eigenvalue weighted by Crippen LogP contribution is -2.35. The molecule has 102 valence electrons. The molecule has 0 saturated heterocycles. The fourth-order valence-corrected chi connectivity index (χ4v) is 1.61. The molecule has 0 aliphatic heterocycles. The summed E-state index contributed by atoms with van der Waals surface area (Å²) in [5.74, 6) is -0.359. The van der Waals surface area contributed by atoms with Gasteiger partial charge in [0.1, 0.15) is 0 Å². The third kappa shape index (κ3) is 9.12. The lowest BCUT2D eigenvalue weighted by Gasteiger charge is -2.23. The van der Waals surface area contributed by atoms with Crippen molar-refractivity contribution in [2.75, 3.05) is 19.7 Å². The van der Waals surface area contributed by atoms with Crippen LogP contribution in [-0.2, 0) is 9.53 Å². The number of aliphatic hydroxyl groups is 1. The molecule has 0 rings (SSSR count). The average Bonchev–Trinajstić information content (AvgIpc) is 2.14. The number of esters is 1. The van der Waals surface area contributed by atoms with Gasteiger partial charge in [-0.2, -0.15) is 0 Å². The summed E-state index contributed by atoms with van der Waals surface area (Å²) in [4.78, 5) is 11.3. The van der Waals surface area contributed by atoms with Gasteiger partial charge >= 0.3 is 5.97 Å². The zero-order valence-electron chi connectivity index (χ0n) is 11.7. The summed E-state index contributed by atoms with van der Waals surface area (Å²) in [5, 5.41) is 12.9. The summed E-state index contributed by atoms with van der Waals surface area (Å²) in [6.07, 6.45) is 0.373.